The summed E-state index contributed by atoms with van der Waals surface area (Å²) in [6.45, 7) is 12.7. The molecule has 1 aliphatic heterocycles. The topological polar surface area (TPSA) is 32.5 Å². The Morgan fingerprint density at radius 1 is 1.28 bits per heavy atom. The second kappa shape index (κ2) is 5.89. The zero-order chi connectivity index (χ0) is 13.2. The number of likely N-dealkylation sites (tertiary alicyclic amines) is 1. The van der Waals surface area contributed by atoms with Crippen LogP contribution in [0.5, 0.6) is 0 Å². The van der Waals surface area contributed by atoms with Gasteiger partial charge in [-0.15, -0.1) is 0 Å². The van der Waals surface area contributed by atoms with E-state index in [0.717, 1.165) is 18.5 Å². The molecule has 18 heavy (non-hydrogen) atoms. The van der Waals surface area contributed by atoms with E-state index in [1.807, 2.05) is 0 Å². The van der Waals surface area contributed by atoms with Gasteiger partial charge in [0, 0.05) is 31.2 Å². The first kappa shape index (κ1) is 14.3. The lowest BCUT2D eigenvalue weighted by Crippen LogP contribution is -2.55. The number of nitrogens with two attached hydrogens (primary N) is 1. The fraction of sp³-hybridized carbons (Fsp3) is 1.00. The highest BCUT2D eigenvalue weighted by molar-refractivity contribution is 5.03. The quantitative estimate of drug-likeness (QED) is 0.812. The molecule has 0 aromatic rings. The maximum absolute atomic E-state index is 6.17. The third-order valence-electron chi connectivity index (χ3n) is 5.64. The van der Waals surface area contributed by atoms with Gasteiger partial charge in [0.2, 0.25) is 0 Å². The molecular weight excluding hydrogens is 222 g/mol. The van der Waals surface area contributed by atoms with E-state index in [1.54, 1.807) is 0 Å². The molecule has 0 bridgehead atoms. The highest BCUT2D eigenvalue weighted by atomic mass is 15.3. The SMILES string of the molecule is CCN(CC)C1CCN(C2(CN)CCCC2C)C1. The predicted octanol–water partition coefficient (Wildman–Crippen LogP) is 1.92. The zero-order valence-corrected chi connectivity index (χ0v) is 12.5. The van der Waals surface area contributed by atoms with E-state index in [0.29, 0.717) is 5.54 Å². The van der Waals surface area contributed by atoms with Crippen molar-refractivity contribution in [2.24, 2.45) is 11.7 Å². The van der Waals surface area contributed by atoms with Crippen molar-refractivity contribution in [3.63, 3.8) is 0 Å². The van der Waals surface area contributed by atoms with E-state index in [4.69, 9.17) is 5.73 Å². The maximum atomic E-state index is 6.17. The van der Waals surface area contributed by atoms with Crippen molar-refractivity contribution >= 4 is 0 Å². The summed E-state index contributed by atoms with van der Waals surface area (Å²) >= 11 is 0. The standard InChI is InChI=1S/C15H31N3/c1-4-17(5-2)14-8-10-18(11-14)15(12-16)9-6-7-13(15)3/h13-14H,4-12,16H2,1-3H3. The van der Waals surface area contributed by atoms with Gasteiger partial charge in [-0.1, -0.05) is 27.2 Å². The van der Waals surface area contributed by atoms with Crippen molar-refractivity contribution in [1.29, 1.82) is 0 Å². The molecule has 3 atom stereocenters. The van der Waals surface area contributed by atoms with Crippen molar-refractivity contribution < 1.29 is 0 Å². The van der Waals surface area contributed by atoms with Crippen LogP contribution in [0.2, 0.25) is 0 Å². The Morgan fingerprint density at radius 3 is 2.50 bits per heavy atom. The van der Waals surface area contributed by atoms with Gasteiger partial charge in [0.05, 0.1) is 0 Å². The molecule has 2 N–H and O–H groups in total. The third kappa shape index (κ3) is 2.33. The van der Waals surface area contributed by atoms with Crippen molar-refractivity contribution in [1.82, 2.24) is 9.80 Å². The summed E-state index contributed by atoms with van der Waals surface area (Å²) in [6, 6.07) is 0.760. The average Bonchev–Trinajstić information content (AvgIpc) is 2.98. The van der Waals surface area contributed by atoms with E-state index in [9.17, 15) is 0 Å². The number of rotatable bonds is 5. The Hall–Kier alpha value is -0.120. The van der Waals surface area contributed by atoms with Crippen molar-refractivity contribution in [2.45, 2.75) is 58.0 Å². The molecule has 1 heterocycles. The van der Waals surface area contributed by atoms with E-state index >= 15 is 0 Å². The van der Waals surface area contributed by atoms with Crippen LogP contribution >= 0.6 is 0 Å². The van der Waals surface area contributed by atoms with Crippen molar-refractivity contribution in [2.75, 3.05) is 32.7 Å². The van der Waals surface area contributed by atoms with Crippen LogP contribution in [0.1, 0.15) is 46.5 Å². The van der Waals surface area contributed by atoms with Gasteiger partial charge in [0.1, 0.15) is 0 Å². The monoisotopic (exact) mass is 253 g/mol. The minimum Gasteiger partial charge on any atom is -0.329 e. The van der Waals surface area contributed by atoms with Gasteiger partial charge in [-0.3, -0.25) is 9.80 Å². The highest BCUT2D eigenvalue weighted by Gasteiger charge is 2.46. The van der Waals surface area contributed by atoms with E-state index < -0.39 is 0 Å². The number of nitrogens with zero attached hydrogens (tertiary/aromatic N) is 2. The molecule has 2 aliphatic rings. The van der Waals surface area contributed by atoms with Crippen LogP contribution in [0.25, 0.3) is 0 Å². The van der Waals surface area contributed by atoms with Crippen LogP contribution in [0.4, 0.5) is 0 Å². The smallest absolute Gasteiger partial charge is 0.0357 e. The van der Waals surface area contributed by atoms with Crippen LogP contribution < -0.4 is 5.73 Å². The molecule has 0 aromatic carbocycles. The average molecular weight is 253 g/mol. The molecule has 2 fully saturated rings. The molecule has 3 nitrogen and oxygen atoms in total. The molecule has 3 unspecified atom stereocenters. The molecule has 3 heteroatoms. The van der Waals surface area contributed by atoms with E-state index in [-0.39, 0.29) is 0 Å². The highest BCUT2D eigenvalue weighted by Crippen LogP contribution is 2.41. The Morgan fingerprint density at radius 2 is 2.00 bits per heavy atom. The summed E-state index contributed by atoms with van der Waals surface area (Å²) in [4.78, 5) is 5.34. The molecule has 2 rings (SSSR count). The van der Waals surface area contributed by atoms with Gasteiger partial charge >= 0.3 is 0 Å². The lowest BCUT2D eigenvalue weighted by atomic mass is 9.86. The van der Waals surface area contributed by atoms with E-state index in [1.165, 1.54) is 51.9 Å². The lowest BCUT2D eigenvalue weighted by Gasteiger charge is -2.42. The second-order valence-corrected chi connectivity index (χ2v) is 6.21. The van der Waals surface area contributed by atoms with Gasteiger partial charge < -0.3 is 5.73 Å². The summed E-state index contributed by atoms with van der Waals surface area (Å²) in [5.74, 6) is 0.776. The fourth-order valence-electron chi connectivity index (χ4n) is 4.32. The molecule has 106 valence electrons. The second-order valence-electron chi connectivity index (χ2n) is 6.21. The molecular formula is C15H31N3. The Kier molecular flexibility index (Phi) is 4.68. The van der Waals surface area contributed by atoms with Crippen LogP contribution in [-0.2, 0) is 0 Å². The summed E-state index contributed by atoms with van der Waals surface area (Å²) in [7, 11) is 0. The summed E-state index contributed by atoms with van der Waals surface area (Å²) < 4.78 is 0. The van der Waals surface area contributed by atoms with Gasteiger partial charge in [-0.25, -0.2) is 0 Å². The lowest BCUT2D eigenvalue weighted by molar-refractivity contribution is 0.0786. The Balaban J connectivity index is 2.03. The number of likely N-dealkylation sites (N-methyl/N-ethyl adjacent to an activating group) is 1. The Labute approximate surface area is 113 Å². The van der Waals surface area contributed by atoms with Gasteiger partial charge in [-0.05, 0) is 38.3 Å². The predicted molar refractivity (Wildman–Crippen MR) is 77.7 cm³/mol. The first-order valence-electron chi connectivity index (χ1n) is 7.87. The summed E-state index contributed by atoms with van der Waals surface area (Å²) in [6.07, 6.45) is 5.38. The zero-order valence-electron chi connectivity index (χ0n) is 12.5. The number of hydrogen-bond donors (Lipinski definition) is 1. The molecule has 0 amide bonds. The van der Waals surface area contributed by atoms with Crippen LogP contribution in [0.3, 0.4) is 0 Å². The summed E-state index contributed by atoms with van der Waals surface area (Å²) in [5, 5.41) is 0. The Bertz CT molecular complexity index is 264. The van der Waals surface area contributed by atoms with Gasteiger partial charge in [0.25, 0.3) is 0 Å². The van der Waals surface area contributed by atoms with Crippen LogP contribution in [-0.4, -0.2) is 54.1 Å². The van der Waals surface area contributed by atoms with Gasteiger partial charge in [-0.2, -0.15) is 0 Å². The maximum Gasteiger partial charge on any atom is 0.0357 e. The van der Waals surface area contributed by atoms with Crippen LogP contribution in [0, 0.1) is 5.92 Å². The minimum atomic E-state index is 0.321. The molecule has 0 radical (unpaired) electrons. The van der Waals surface area contributed by atoms with Crippen molar-refractivity contribution in [3.8, 4) is 0 Å². The molecule has 1 aliphatic carbocycles. The van der Waals surface area contributed by atoms with E-state index in [2.05, 4.69) is 30.6 Å². The normalized spacial score (nSPS) is 37.8. The first-order valence-corrected chi connectivity index (χ1v) is 7.87. The minimum absolute atomic E-state index is 0.321. The largest absolute Gasteiger partial charge is 0.329 e. The van der Waals surface area contributed by atoms with Crippen LogP contribution in [0.15, 0.2) is 0 Å². The number of hydrogen-bond acceptors (Lipinski definition) is 3. The van der Waals surface area contributed by atoms with Gasteiger partial charge in [0.15, 0.2) is 0 Å². The molecule has 1 saturated carbocycles. The third-order valence-corrected chi connectivity index (χ3v) is 5.64. The molecule has 0 spiro atoms. The first-order chi connectivity index (χ1) is 8.67. The molecule has 1 saturated heterocycles. The van der Waals surface area contributed by atoms with Crippen molar-refractivity contribution in [3.05, 3.63) is 0 Å². The fourth-order valence-corrected chi connectivity index (χ4v) is 4.32. The molecule has 0 aromatic heterocycles. The summed E-state index contributed by atoms with van der Waals surface area (Å²) in [5.41, 5.74) is 6.49.